The van der Waals surface area contributed by atoms with Gasteiger partial charge in [0.05, 0.1) is 20.8 Å². The first kappa shape index (κ1) is 28.2. The average Bonchev–Trinajstić information content (AvgIpc) is 2.70. The highest BCUT2D eigenvalue weighted by Crippen LogP contribution is 2.39. The van der Waals surface area contributed by atoms with Crippen molar-refractivity contribution in [1.29, 1.82) is 0 Å². The number of rotatable bonds is 8. The molecule has 0 radical (unpaired) electrons. The second-order valence-electron chi connectivity index (χ2n) is 6.34. The van der Waals surface area contributed by atoms with Crippen molar-refractivity contribution in [3.05, 3.63) is 21.7 Å². The Balaban J connectivity index is 3.43. The smallest absolute Gasteiger partial charge is 0.411 e. The van der Waals surface area contributed by atoms with E-state index < -0.39 is 34.5 Å². The van der Waals surface area contributed by atoms with Crippen LogP contribution in [0.15, 0.2) is 10.5 Å². The fourth-order valence-corrected chi connectivity index (χ4v) is 3.36. The zero-order valence-corrected chi connectivity index (χ0v) is 21.5. The van der Waals surface area contributed by atoms with Crippen molar-refractivity contribution in [2.24, 2.45) is 0 Å². The fraction of sp³-hybridized carbons (Fsp3) is 0.450. The number of nitrogens with zero attached hydrogens (tertiary/aromatic N) is 1. The highest BCUT2D eigenvalue weighted by atomic mass is 79.9. The normalized spacial score (nSPS) is 11.7. The van der Waals surface area contributed by atoms with Crippen molar-refractivity contribution in [1.82, 2.24) is 4.90 Å². The molecule has 12 heteroatoms. The standard InChI is InChI=1S/C20H21BrCl3NO7/c1-6-7-25(19(28)31-10-20(22,23)24)14(18(27)30-5)8-13-9-15(32-12(3)26)17(29-4)11(2)16(13)21/h1,9,14H,7-8,10H2,2-5H3/t14-/m0/s1. The average molecular weight is 574 g/mol. The van der Waals surface area contributed by atoms with E-state index in [9.17, 15) is 14.4 Å². The summed E-state index contributed by atoms with van der Waals surface area (Å²) < 4.78 is 19.1. The van der Waals surface area contributed by atoms with Gasteiger partial charge in [0.2, 0.25) is 3.79 Å². The van der Waals surface area contributed by atoms with Crippen LogP contribution in [0.25, 0.3) is 0 Å². The van der Waals surface area contributed by atoms with Gasteiger partial charge in [-0.1, -0.05) is 56.7 Å². The maximum Gasteiger partial charge on any atom is 0.411 e. The van der Waals surface area contributed by atoms with Crippen LogP contribution >= 0.6 is 50.7 Å². The highest BCUT2D eigenvalue weighted by molar-refractivity contribution is 9.10. The largest absolute Gasteiger partial charge is 0.493 e. The van der Waals surface area contributed by atoms with Crippen LogP contribution in [0.5, 0.6) is 11.5 Å². The first-order chi connectivity index (χ1) is 14.9. The van der Waals surface area contributed by atoms with E-state index in [2.05, 4.69) is 21.9 Å². The van der Waals surface area contributed by atoms with E-state index in [1.54, 1.807) is 6.92 Å². The number of halogens is 4. The molecule has 32 heavy (non-hydrogen) atoms. The number of carbonyl (C=O) groups excluding carboxylic acids is 3. The van der Waals surface area contributed by atoms with Crippen LogP contribution in [-0.4, -0.2) is 60.1 Å². The van der Waals surface area contributed by atoms with Gasteiger partial charge in [0, 0.05) is 23.4 Å². The van der Waals surface area contributed by atoms with Gasteiger partial charge in [-0.2, -0.15) is 0 Å². The van der Waals surface area contributed by atoms with Gasteiger partial charge >= 0.3 is 18.0 Å². The van der Waals surface area contributed by atoms with Crippen LogP contribution in [0.2, 0.25) is 0 Å². The molecule has 1 aromatic rings. The quantitative estimate of drug-likeness (QED) is 0.199. The summed E-state index contributed by atoms with van der Waals surface area (Å²) in [7, 11) is 2.59. The van der Waals surface area contributed by atoms with E-state index in [0.717, 1.165) is 12.0 Å². The zero-order valence-electron chi connectivity index (χ0n) is 17.7. The van der Waals surface area contributed by atoms with Crippen molar-refractivity contribution >= 4 is 68.8 Å². The van der Waals surface area contributed by atoms with Crippen LogP contribution in [0.4, 0.5) is 4.79 Å². The molecular formula is C20H21BrCl3NO7. The number of benzene rings is 1. The van der Waals surface area contributed by atoms with Crippen molar-refractivity contribution in [2.75, 3.05) is 27.4 Å². The SMILES string of the molecule is C#CCN(C(=O)OCC(Cl)(Cl)Cl)[C@@H](Cc1cc(OC(C)=O)c(OC)c(C)c1Br)C(=O)OC. The van der Waals surface area contributed by atoms with Gasteiger partial charge in [-0.25, -0.2) is 9.59 Å². The Bertz CT molecular complexity index is 912. The highest BCUT2D eigenvalue weighted by Gasteiger charge is 2.34. The van der Waals surface area contributed by atoms with E-state index in [1.807, 2.05) is 0 Å². The minimum Gasteiger partial charge on any atom is -0.493 e. The monoisotopic (exact) mass is 571 g/mol. The predicted octanol–water partition coefficient (Wildman–Crippen LogP) is 4.22. The number of amides is 1. The number of hydrogen-bond acceptors (Lipinski definition) is 7. The van der Waals surface area contributed by atoms with Crippen LogP contribution in [0.3, 0.4) is 0 Å². The lowest BCUT2D eigenvalue weighted by molar-refractivity contribution is -0.146. The molecule has 0 unspecified atom stereocenters. The van der Waals surface area contributed by atoms with Crippen LogP contribution < -0.4 is 9.47 Å². The van der Waals surface area contributed by atoms with E-state index in [4.69, 9.17) is 60.2 Å². The second kappa shape index (κ2) is 12.4. The number of alkyl halides is 3. The predicted molar refractivity (Wildman–Crippen MR) is 123 cm³/mol. The van der Waals surface area contributed by atoms with Gasteiger partial charge in [0.15, 0.2) is 11.5 Å². The lowest BCUT2D eigenvalue weighted by Crippen LogP contribution is -2.48. The topological polar surface area (TPSA) is 91.4 Å². The molecule has 0 aliphatic carbocycles. The number of terminal acetylenes is 1. The third-order valence-corrected chi connectivity index (χ3v) is 5.49. The molecule has 1 amide bonds. The summed E-state index contributed by atoms with van der Waals surface area (Å²) in [6.07, 6.45) is 4.33. The summed E-state index contributed by atoms with van der Waals surface area (Å²) in [6, 6.07) is 0.307. The molecule has 1 aromatic carbocycles. The fourth-order valence-electron chi connectivity index (χ4n) is 2.74. The second-order valence-corrected chi connectivity index (χ2v) is 9.65. The number of esters is 2. The Kier molecular flexibility index (Phi) is 10.9. The molecule has 0 aromatic heterocycles. The van der Waals surface area contributed by atoms with Crippen molar-refractivity contribution in [3.63, 3.8) is 0 Å². The summed E-state index contributed by atoms with van der Waals surface area (Å²) in [5.74, 6) is 1.43. The molecule has 1 atom stereocenters. The molecule has 176 valence electrons. The summed E-state index contributed by atoms with van der Waals surface area (Å²) >= 11 is 20.3. The summed E-state index contributed by atoms with van der Waals surface area (Å²) in [4.78, 5) is 37.7. The summed E-state index contributed by atoms with van der Waals surface area (Å²) in [5, 5.41) is 0. The molecule has 0 spiro atoms. The maximum absolute atomic E-state index is 12.6. The Morgan fingerprint density at radius 1 is 1.28 bits per heavy atom. The first-order valence-corrected chi connectivity index (χ1v) is 10.8. The summed E-state index contributed by atoms with van der Waals surface area (Å²) in [6.45, 7) is 2.11. The van der Waals surface area contributed by atoms with Gasteiger partial charge in [-0.3, -0.25) is 9.69 Å². The van der Waals surface area contributed by atoms with Gasteiger partial charge in [0.1, 0.15) is 12.6 Å². The zero-order chi connectivity index (χ0) is 24.6. The number of ether oxygens (including phenoxy) is 4. The molecule has 0 bridgehead atoms. The number of methoxy groups -OCH3 is 2. The Hall–Kier alpha value is -1.86. The van der Waals surface area contributed by atoms with E-state index in [0.29, 0.717) is 21.3 Å². The Morgan fingerprint density at radius 2 is 1.91 bits per heavy atom. The maximum atomic E-state index is 12.6. The molecule has 8 nitrogen and oxygen atoms in total. The molecule has 0 aliphatic rings. The third-order valence-electron chi connectivity index (χ3n) is 4.06. The van der Waals surface area contributed by atoms with Crippen molar-refractivity contribution in [3.8, 4) is 23.8 Å². The van der Waals surface area contributed by atoms with Crippen LogP contribution in [-0.2, 0) is 25.5 Å². The van der Waals surface area contributed by atoms with E-state index in [-0.39, 0.29) is 18.7 Å². The number of carbonyl (C=O) groups is 3. The van der Waals surface area contributed by atoms with E-state index >= 15 is 0 Å². The van der Waals surface area contributed by atoms with Crippen LogP contribution in [0, 0.1) is 19.3 Å². The Labute approximate surface area is 209 Å². The lowest BCUT2D eigenvalue weighted by atomic mass is 10.0. The van der Waals surface area contributed by atoms with Gasteiger partial charge in [-0.05, 0) is 18.6 Å². The minimum absolute atomic E-state index is 0.0725. The molecule has 0 aliphatic heterocycles. The third kappa shape index (κ3) is 7.93. The molecule has 0 fully saturated rings. The lowest BCUT2D eigenvalue weighted by Gasteiger charge is -2.29. The number of hydrogen-bond donors (Lipinski definition) is 0. The first-order valence-electron chi connectivity index (χ1n) is 8.92. The van der Waals surface area contributed by atoms with Gasteiger partial charge in [0.25, 0.3) is 0 Å². The van der Waals surface area contributed by atoms with Crippen molar-refractivity contribution in [2.45, 2.75) is 30.1 Å². The minimum atomic E-state index is -1.85. The molecule has 1 rings (SSSR count). The van der Waals surface area contributed by atoms with Crippen LogP contribution in [0.1, 0.15) is 18.1 Å². The van der Waals surface area contributed by atoms with E-state index in [1.165, 1.54) is 20.1 Å². The molecule has 0 saturated heterocycles. The Morgan fingerprint density at radius 3 is 2.38 bits per heavy atom. The van der Waals surface area contributed by atoms with Gasteiger partial charge < -0.3 is 18.9 Å². The molecule has 0 heterocycles. The molecule has 0 saturated carbocycles. The summed E-state index contributed by atoms with van der Waals surface area (Å²) in [5.41, 5.74) is 1.11. The molecular weight excluding hydrogens is 552 g/mol. The molecule has 0 N–H and O–H groups in total. The van der Waals surface area contributed by atoms with Gasteiger partial charge in [-0.15, -0.1) is 6.42 Å². The van der Waals surface area contributed by atoms with Crippen molar-refractivity contribution < 1.29 is 33.3 Å².